The summed E-state index contributed by atoms with van der Waals surface area (Å²) in [4.78, 5) is 20.4. The van der Waals surface area contributed by atoms with Gasteiger partial charge in [0, 0.05) is 17.6 Å². The number of carbonyl (C=O) groups excluding carboxylic acids is 1. The fourth-order valence-electron chi connectivity index (χ4n) is 2.00. The average molecular weight is 297 g/mol. The van der Waals surface area contributed by atoms with E-state index in [9.17, 15) is 4.79 Å². The zero-order valence-corrected chi connectivity index (χ0v) is 13.4. The number of rotatable bonds is 8. The van der Waals surface area contributed by atoms with Gasteiger partial charge in [-0.3, -0.25) is 4.79 Å². The van der Waals surface area contributed by atoms with Crippen molar-refractivity contribution < 1.29 is 9.53 Å². The normalized spacial score (nSPS) is 15.4. The molecule has 0 amide bonds. The van der Waals surface area contributed by atoms with E-state index in [4.69, 9.17) is 4.74 Å². The van der Waals surface area contributed by atoms with Crippen LogP contribution in [0.1, 0.15) is 33.6 Å². The zero-order valence-electron chi connectivity index (χ0n) is 12.5. The molecule has 0 spiro atoms. The van der Waals surface area contributed by atoms with Crippen molar-refractivity contribution in [3.05, 3.63) is 18.5 Å². The molecule has 0 bridgehead atoms. The Morgan fingerprint density at radius 3 is 2.70 bits per heavy atom. The van der Waals surface area contributed by atoms with Crippen LogP contribution in [0.4, 0.5) is 0 Å². The van der Waals surface area contributed by atoms with Gasteiger partial charge in [-0.25, -0.2) is 9.97 Å². The Morgan fingerprint density at radius 1 is 1.50 bits per heavy atom. The molecule has 0 aliphatic heterocycles. The highest BCUT2D eigenvalue weighted by molar-refractivity contribution is 7.99. The topological polar surface area (TPSA) is 64.1 Å². The van der Waals surface area contributed by atoms with Crippen molar-refractivity contribution in [2.45, 2.75) is 49.6 Å². The molecule has 20 heavy (non-hydrogen) atoms. The molecule has 0 fully saturated rings. The highest BCUT2D eigenvalue weighted by atomic mass is 32.2. The lowest BCUT2D eigenvalue weighted by Crippen LogP contribution is -2.51. The smallest absolute Gasteiger partial charge is 0.325 e. The zero-order chi connectivity index (χ0) is 15.0. The van der Waals surface area contributed by atoms with E-state index in [0.717, 1.165) is 18.1 Å². The summed E-state index contributed by atoms with van der Waals surface area (Å²) in [6.45, 7) is 6.80. The fourth-order valence-corrected chi connectivity index (χ4v) is 3.02. The molecule has 2 unspecified atom stereocenters. The van der Waals surface area contributed by atoms with Crippen molar-refractivity contribution in [3.63, 3.8) is 0 Å². The lowest BCUT2D eigenvalue weighted by molar-refractivity contribution is -0.148. The standard InChI is InChI=1S/C14H23N3O2S/c1-5-7-17-14(3,12(18)19-4)10-11(2)20-13-15-8-6-9-16-13/h6,8-9,11,17H,5,7,10H2,1-4H3. The number of nitrogens with zero attached hydrogens (tertiary/aromatic N) is 2. The molecule has 0 radical (unpaired) electrons. The van der Waals surface area contributed by atoms with E-state index in [0.29, 0.717) is 6.42 Å². The number of esters is 1. The first kappa shape index (κ1) is 16.9. The molecule has 2 atom stereocenters. The summed E-state index contributed by atoms with van der Waals surface area (Å²) in [6, 6.07) is 1.79. The number of nitrogens with one attached hydrogen (secondary N) is 1. The van der Waals surface area contributed by atoms with Gasteiger partial charge in [0.15, 0.2) is 5.16 Å². The van der Waals surface area contributed by atoms with Gasteiger partial charge in [-0.15, -0.1) is 0 Å². The van der Waals surface area contributed by atoms with Crippen LogP contribution in [0.5, 0.6) is 0 Å². The van der Waals surface area contributed by atoms with Crippen LogP contribution < -0.4 is 5.32 Å². The van der Waals surface area contributed by atoms with Gasteiger partial charge in [0.05, 0.1) is 7.11 Å². The molecule has 0 aliphatic carbocycles. The first-order valence-corrected chi connectivity index (χ1v) is 7.67. The van der Waals surface area contributed by atoms with Gasteiger partial charge >= 0.3 is 5.97 Å². The molecule has 1 aromatic rings. The quantitative estimate of drug-likeness (QED) is 0.451. The molecule has 0 saturated heterocycles. The summed E-state index contributed by atoms with van der Waals surface area (Å²) in [5, 5.41) is 4.21. The lowest BCUT2D eigenvalue weighted by Gasteiger charge is -2.30. The van der Waals surface area contributed by atoms with Gasteiger partial charge in [-0.2, -0.15) is 0 Å². The van der Waals surface area contributed by atoms with Crippen molar-refractivity contribution in [1.29, 1.82) is 0 Å². The maximum atomic E-state index is 12.0. The van der Waals surface area contributed by atoms with Crippen LogP contribution in [0.25, 0.3) is 0 Å². The molecular weight excluding hydrogens is 274 g/mol. The first-order valence-electron chi connectivity index (χ1n) is 6.79. The van der Waals surface area contributed by atoms with Crippen molar-refractivity contribution in [2.24, 2.45) is 0 Å². The van der Waals surface area contributed by atoms with E-state index in [2.05, 4.69) is 29.1 Å². The van der Waals surface area contributed by atoms with Gasteiger partial charge in [0.1, 0.15) is 5.54 Å². The monoisotopic (exact) mass is 297 g/mol. The predicted octanol–water partition coefficient (Wildman–Crippen LogP) is 2.28. The third kappa shape index (κ3) is 5.09. The SMILES string of the molecule is CCCNC(C)(CC(C)Sc1ncccn1)C(=O)OC. The Hall–Kier alpha value is -1.14. The van der Waals surface area contributed by atoms with Gasteiger partial charge in [-0.05, 0) is 32.4 Å². The van der Waals surface area contributed by atoms with E-state index in [-0.39, 0.29) is 11.2 Å². The number of hydrogen-bond acceptors (Lipinski definition) is 6. The number of ether oxygens (including phenoxy) is 1. The van der Waals surface area contributed by atoms with E-state index in [1.807, 2.05) is 6.92 Å². The minimum atomic E-state index is -0.675. The minimum Gasteiger partial charge on any atom is -0.468 e. The van der Waals surface area contributed by atoms with Crippen molar-refractivity contribution in [2.75, 3.05) is 13.7 Å². The Morgan fingerprint density at radius 2 is 2.15 bits per heavy atom. The molecule has 5 nitrogen and oxygen atoms in total. The van der Waals surface area contributed by atoms with Crippen molar-refractivity contribution in [3.8, 4) is 0 Å². The fraction of sp³-hybridized carbons (Fsp3) is 0.643. The second-order valence-electron chi connectivity index (χ2n) is 4.91. The number of carbonyl (C=O) groups is 1. The highest BCUT2D eigenvalue weighted by Crippen LogP contribution is 2.26. The Kier molecular flexibility index (Phi) is 6.95. The highest BCUT2D eigenvalue weighted by Gasteiger charge is 2.35. The maximum absolute atomic E-state index is 12.0. The largest absolute Gasteiger partial charge is 0.468 e. The molecule has 0 aliphatic rings. The van der Waals surface area contributed by atoms with E-state index in [1.165, 1.54) is 7.11 Å². The summed E-state index contributed by atoms with van der Waals surface area (Å²) in [7, 11) is 1.42. The summed E-state index contributed by atoms with van der Waals surface area (Å²) in [5.41, 5.74) is -0.675. The van der Waals surface area contributed by atoms with Crippen molar-refractivity contribution in [1.82, 2.24) is 15.3 Å². The van der Waals surface area contributed by atoms with Gasteiger partial charge in [0.25, 0.3) is 0 Å². The third-order valence-corrected chi connectivity index (χ3v) is 3.94. The van der Waals surface area contributed by atoms with Crippen LogP contribution in [-0.4, -0.2) is 40.4 Å². The minimum absolute atomic E-state index is 0.200. The van der Waals surface area contributed by atoms with Gasteiger partial charge < -0.3 is 10.1 Å². The number of thioether (sulfide) groups is 1. The molecule has 1 aromatic heterocycles. The van der Waals surface area contributed by atoms with E-state index >= 15 is 0 Å². The van der Waals surface area contributed by atoms with Crippen LogP contribution in [0.15, 0.2) is 23.6 Å². The summed E-state index contributed by atoms with van der Waals surface area (Å²) >= 11 is 1.56. The van der Waals surface area contributed by atoms with Crippen LogP contribution in [0.3, 0.4) is 0 Å². The number of methoxy groups -OCH3 is 1. The molecule has 112 valence electrons. The summed E-state index contributed by atoms with van der Waals surface area (Å²) in [5.74, 6) is -0.229. The van der Waals surface area contributed by atoms with Gasteiger partial charge in [0.2, 0.25) is 0 Å². The summed E-state index contributed by atoms with van der Waals surface area (Å²) < 4.78 is 4.92. The maximum Gasteiger partial charge on any atom is 0.325 e. The van der Waals surface area contributed by atoms with Crippen LogP contribution in [-0.2, 0) is 9.53 Å². The Labute approximate surface area is 124 Å². The van der Waals surface area contributed by atoms with Crippen LogP contribution in [0, 0.1) is 0 Å². The molecule has 0 aromatic carbocycles. The van der Waals surface area contributed by atoms with Crippen LogP contribution in [0.2, 0.25) is 0 Å². The second kappa shape index (κ2) is 8.21. The Bertz CT molecular complexity index is 416. The third-order valence-electron chi connectivity index (χ3n) is 2.95. The predicted molar refractivity (Wildman–Crippen MR) is 80.7 cm³/mol. The summed E-state index contributed by atoms with van der Waals surface area (Å²) in [6.07, 6.45) is 5.06. The number of hydrogen-bond donors (Lipinski definition) is 1. The van der Waals surface area contributed by atoms with Crippen molar-refractivity contribution >= 4 is 17.7 Å². The molecule has 0 saturated carbocycles. The molecule has 6 heteroatoms. The average Bonchev–Trinajstić information content (AvgIpc) is 2.45. The molecule has 1 N–H and O–H groups in total. The molecular formula is C14H23N3O2S. The van der Waals surface area contributed by atoms with Gasteiger partial charge in [-0.1, -0.05) is 25.6 Å². The molecule has 1 heterocycles. The lowest BCUT2D eigenvalue weighted by atomic mass is 9.96. The first-order chi connectivity index (χ1) is 9.51. The Balaban J connectivity index is 2.66. The second-order valence-corrected chi connectivity index (χ2v) is 6.32. The molecule has 1 rings (SSSR count). The number of aromatic nitrogens is 2. The van der Waals surface area contributed by atoms with E-state index in [1.54, 1.807) is 30.2 Å². The van der Waals surface area contributed by atoms with E-state index < -0.39 is 5.54 Å². The van der Waals surface area contributed by atoms with Crippen LogP contribution >= 0.6 is 11.8 Å².